The number of halogens is 1. The Kier molecular flexibility index (Phi) is 3.38. The van der Waals surface area contributed by atoms with Crippen LogP contribution in [0.25, 0.3) is 0 Å². The van der Waals surface area contributed by atoms with E-state index in [4.69, 9.17) is 0 Å². The maximum atomic E-state index is 13.1. The van der Waals surface area contributed by atoms with Crippen LogP contribution in [0.5, 0.6) is 0 Å². The molecule has 2 atom stereocenters. The van der Waals surface area contributed by atoms with Gasteiger partial charge in [-0.2, -0.15) is 0 Å². The molecule has 0 amide bonds. The Morgan fingerprint density at radius 2 is 2.45 bits per heavy atom. The van der Waals surface area contributed by atoms with E-state index in [2.05, 4.69) is 17.2 Å². The van der Waals surface area contributed by atoms with E-state index in [1.54, 1.807) is 6.92 Å². The van der Waals surface area contributed by atoms with Gasteiger partial charge in [0.1, 0.15) is 0 Å². The monoisotopic (exact) mass is 155 g/mol. The highest BCUT2D eigenvalue weighted by molar-refractivity contribution is 5.04. The fourth-order valence-electron chi connectivity index (χ4n) is 1.38. The number of hydrogen-bond donors (Lipinski definition) is 1. The summed E-state index contributed by atoms with van der Waals surface area (Å²) in [7, 11) is 0. The van der Waals surface area contributed by atoms with Crippen molar-refractivity contribution in [1.29, 1.82) is 0 Å². The van der Waals surface area contributed by atoms with Crippen molar-refractivity contribution in [2.24, 2.45) is 5.92 Å². The zero-order valence-electron chi connectivity index (χ0n) is 6.86. The van der Waals surface area contributed by atoms with Crippen LogP contribution in [0, 0.1) is 17.8 Å². The van der Waals surface area contributed by atoms with Crippen molar-refractivity contribution in [2.45, 2.75) is 25.9 Å². The van der Waals surface area contributed by atoms with E-state index in [9.17, 15) is 4.39 Å². The smallest absolute Gasteiger partial charge is 0.164 e. The van der Waals surface area contributed by atoms with Crippen molar-refractivity contribution in [2.75, 3.05) is 13.1 Å². The summed E-state index contributed by atoms with van der Waals surface area (Å²) in [5, 5.41) is 3.17. The van der Waals surface area contributed by atoms with Gasteiger partial charge in [-0.3, -0.25) is 0 Å². The normalized spacial score (nSPS) is 26.9. The minimum Gasteiger partial charge on any atom is -0.316 e. The maximum absolute atomic E-state index is 13.1. The topological polar surface area (TPSA) is 12.0 Å². The molecule has 0 radical (unpaired) electrons. The fraction of sp³-hybridized carbons (Fsp3) is 0.778. The molecule has 0 aromatic heterocycles. The van der Waals surface area contributed by atoms with Crippen molar-refractivity contribution in [3.63, 3.8) is 0 Å². The Morgan fingerprint density at radius 1 is 1.64 bits per heavy atom. The molecule has 62 valence electrons. The lowest BCUT2D eigenvalue weighted by Crippen LogP contribution is -2.34. The highest BCUT2D eigenvalue weighted by Crippen LogP contribution is 2.16. The van der Waals surface area contributed by atoms with Crippen LogP contribution in [0.15, 0.2) is 0 Å². The molecule has 1 nitrogen and oxygen atoms in total. The number of alkyl halides is 1. The van der Waals surface area contributed by atoms with Crippen molar-refractivity contribution >= 4 is 0 Å². The lowest BCUT2D eigenvalue weighted by atomic mass is 9.95. The molecule has 2 unspecified atom stereocenters. The van der Waals surface area contributed by atoms with E-state index in [0.717, 1.165) is 25.9 Å². The molecule has 1 aliphatic rings. The predicted octanol–water partition coefficient (Wildman–Crippen LogP) is 1.35. The van der Waals surface area contributed by atoms with Crippen LogP contribution < -0.4 is 5.32 Å². The van der Waals surface area contributed by atoms with E-state index in [1.807, 2.05) is 0 Å². The van der Waals surface area contributed by atoms with Crippen molar-refractivity contribution in [3.05, 3.63) is 0 Å². The van der Waals surface area contributed by atoms with E-state index in [-0.39, 0.29) is 5.92 Å². The summed E-state index contributed by atoms with van der Waals surface area (Å²) in [6, 6.07) is 0. The molecule has 1 N–H and O–H groups in total. The van der Waals surface area contributed by atoms with Crippen LogP contribution in [0.4, 0.5) is 4.39 Å². The Morgan fingerprint density at radius 3 is 3.00 bits per heavy atom. The van der Waals surface area contributed by atoms with Crippen LogP contribution in [0.3, 0.4) is 0 Å². The highest BCUT2D eigenvalue weighted by atomic mass is 19.1. The molecule has 1 fully saturated rings. The standard InChI is InChI=1S/C9H14FN/c1-2-4-9(10)8-5-3-6-11-7-8/h8-9,11H,3,5-7H2,1H3. The van der Waals surface area contributed by atoms with Gasteiger partial charge in [0.2, 0.25) is 0 Å². The average Bonchev–Trinajstić information content (AvgIpc) is 2.07. The van der Waals surface area contributed by atoms with Gasteiger partial charge < -0.3 is 5.32 Å². The third-order valence-corrected chi connectivity index (χ3v) is 2.03. The van der Waals surface area contributed by atoms with Crippen molar-refractivity contribution < 1.29 is 4.39 Å². The Bertz CT molecular complexity index is 162. The van der Waals surface area contributed by atoms with Gasteiger partial charge in [0.05, 0.1) is 0 Å². The van der Waals surface area contributed by atoms with E-state index >= 15 is 0 Å². The molecule has 1 heterocycles. The van der Waals surface area contributed by atoms with E-state index < -0.39 is 6.17 Å². The lowest BCUT2D eigenvalue weighted by Gasteiger charge is -2.22. The maximum Gasteiger partial charge on any atom is 0.164 e. The van der Waals surface area contributed by atoms with Gasteiger partial charge in [0, 0.05) is 12.5 Å². The zero-order chi connectivity index (χ0) is 8.10. The van der Waals surface area contributed by atoms with Crippen LogP contribution in [0.1, 0.15) is 19.8 Å². The Hall–Kier alpha value is -0.550. The average molecular weight is 155 g/mol. The van der Waals surface area contributed by atoms with Gasteiger partial charge in [-0.15, -0.1) is 5.92 Å². The number of rotatable bonds is 1. The van der Waals surface area contributed by atoms with Gasteiger partial charge in [-0.1, -0.05) is 5.92 Å². The summed E-state index contributed by atoms with van der Waals surface area (Å²) < 4.78 is 13.1. The minimum absolute atomic E-state index is 0.121. The second-order valence-electron chi connectivity index (χ2n) is 2.90. The molecule has 0 bridgehead atoms. The zero-order valence-corrected chi connectivity index (χ0v) is 6.86. The van der Waals surface area contributed by atoms with Crippen molar-refractivity contribution in [3.8, 4) is 11.8 Å². The summed E-state index contributed by atoms with van der Waals surface area (Å²) in [6.45, 7) is 3.50. The van der Waals surface area contributed by atoms with Crippen molar-refractivity contribution in [1.82, 2.24) is 5.32 Å². The second kappa shape index (κ2) is 4.35. The molecule has 1 rings (SSSR count). The van der Waals surface area contributed by atoms with E-state index in [1.165, 1.54) is 0 Å². The third-order valence-electron chi connectivity index (χ3n) is 2.03. The molecule has 1 saturated heterocycles. The summed E-state index contributed by atoms with van der Waals surface area (Å²) in [5.41, 5.74) is 0. The molecular formula is C9H14FN. The SMILES string of the molecule is CC#CC(F)C1CCCNC1. The molecule has 0 aromatic rings. The lowest BCUT2D eigenvalue weighted by molar-refractivity contribution is 0.242. The minimum atomic E-state index is -0.923. The molecule has 0 spiro atoms. The quantitative estimate of drug-likeness (QED) is 0.563. The molecule has 0 aliphatic carbocycles. The van der Waals surface area contributed by atoms with Crippen LogP contribution >= 0.6 is 0 Å². The van der Waals surface area contributed by atoms with Gasteiger partial charge in [0.15, 0.2) is 6.17 Å². The van der Waals surface area contributed by atoms with Gasteiger partial charge >= 0.3 is 0 Å². The molecule has 1 aliphatic heterocycles. The number of nitrogens with one attached hydrogen (secondary N) is 1. The third kappa shape index (κ3) is 2.51. The second-order valence-corrected chi connectivity index (χ2v) is 2.90. The Balaban J connectivity index is 2.36. The first kappa shape index (κ1) is 8.55. The first-order valence-corrected chi connectivity index (χ1v) is 4.11. The van der Waals surface area contributed by atoms with Gasteiger partial charge in [-0.25, -0.2) is 4.39 Å². The highest BCUT2D eigenvalue weighted by Gasteiger charge is 2.20. The molecule has 2 heteroatoms. The number of hydrogen-bond acceptors (Lipinski definition) is 1. The molecular weight excluding hydrogens is 141 g/mol. The van der Waals surface area contributed by atoms with Crippen LogP contribution in [-0.4, -0.2) is 19.3 Å². The summed E-state index contributed by atoms with van der Waals surface area (Å²) in [4.78, 5) is 0. The Labute approximate surface area is 67.4 Å². The summed E-state index contributed by atoms with van der Waals surface area (Å²) >= 11 is 0. The predicted molar refractivity (Wildman–Crippen MR) is 43.9 cm³/mol. The van der Waals surface area contributed by atoms with Gasteiger partial charge in [0.25, 0.3) is 0 Å². The molecule has 11 heavy (non-hydrogen) atoms. The van der Waals surface area contributed by atoms with Gasteiger partial charge in [-0.05, 0) is 26.3 Å². The number of piperidine rings is 1. The molecule has 0 aromatic carbocycles. The molecule has 0 saturated carbocycles. The largest absolute Gasteiger partial charge is 0.316 e. The summed E-state index contributed by atoms with van der Waals surface area (Å²) in [5.74, 6) is 5.29. The first-order valence-electron chi connectivity index (χ1n) is 4.11. The van der Waals surface area contributed by atoms with Crippen LogP contribution in [0.2, 0.25) is 0 Å². The fourth-order valence-corrected chi connectivity index (χ4v) is 1.38. The van der Waals surface area contributed by atoms with Crippen LogP contribution in [-0.2, 0) is 0 Å². The van der Waals surface area contributed by atoms with E-state index in [0.29, 0.717) is 0 Å². The summed E-state index contributed by atoms with van der Waals surface area (Å²) in [6.07, 6.45) is 1.13. The first-order chi connectivity index (χ1) is 5.34.